The Morgan fingerprint density at radius 1 is 1.50 bits per heavy atom. The van der Waals surface area contributed by atoms with E-state index in [0.29, 0.717) is 0 Å². The molecule has 1 aromatic rings. The number of hydrogen-bond acceptors (Lipinski definition) is 2. The zero-order valence-electron chi connectivity index (χ0n) is 8.23. The van der Waals surface area contributed by atoms with E-state index in [1.54, 1.807) is 7.11 Å². The maximum atomic E-state index is 5.95. The number of halogens is 2. The molecule has 0 heterocycles. The van der Waals surface area contributed by atoms with Gasteiger partial charge in [-0.1, -0.05) is 11.6 Å². The maximum absolute atomic E-state index is 5.95. The molecule has 0 spiro atoms. The Morgan fingerprint density at radius 2 is 2.21 bits per heavy atom. The van der Waals surface area contributed by atoms with Crippen LogP contribution in [0.3, 0.4) is 0 Å². The highest BCUT2D eigenvalue weighted by Gasteiger charge is 2.08. The van der Waals surface area contributed by atoms with Crippen molar-refractivity contribution < 1.29 is 4.74 Å². The minimum Gasteiger partial charge on any atom is -0.495 e. The van der Waals surface area contributed by atoms with Crippen molar-refractivity contribution in [2.45, 2.75) is 6.42 Å². The number of hydrogen-bond donors (Lipinski definition) is 1. The molecule has 0 saturated heterocycles. The first-order valence-electron chi connectivity index (χ1n) is 4.35. The van der Waals surface area contributed by atoms with E-state index in [1.165, 1.54) is 0 Å². The summed E-state index contributed by atoms with van der Waals surface area (Å²) in [7, 11) is 3.59. The fraction of sp³-hybridized carbons (Fsp3) is 0.400. The van der Waals surface area contributed by atoms with E-state index in [2.05, 4.69) is 21.2 Å². The molecule has 1 rings (SSSR count). The van der Waals surface area contributed by atoms with Crippen LogP contribution in [-0.2, 0) is 6.42 Å². The van der Waals surface area contributed by atoms with Crippen LogP contribution in [0.15, 0.2) is 16.6 Å². The Balaban J connectivity index is 2.99. The smallest absolute Gasteiger partial charge is 0.136 e. The molecule has 4 heteroatoms. The third kappa shape index (κ3) is 2.87. The van der Waals surface area contributed by atoms with Gasteiger partial charge in [-0.05, 0) is 53.6 Å². The monoisotopic (exact) mass is 277 g/mol. The minimum absolute atomic E-state index is 0.726. The Bertz CT molecular complexity index is 317. The summed E-state index contributed by atoms with van der Waals surface area (Å²) in [5.74, 6) is 0.865. The molecule has 0 aromatic heterocycles. The van der Waals surface area contributed by atoms with E-state index in [4.69, 9.17) is 16.3 Å². The van der Waals surface area contributed by atoms with Crippen LogP contribution in [0, 0.1) is 0 Å². The van der Waals surface area contributed by atoms with Crippen LogP contribution in [0.2, 0.25) is 5.02 Å². The van der Waals surface area contributed by atoms with Gasteiger partial charge in [0, 0.05) is 5.02 Å². The lowest BCUT2D eigenvalue weighted by atomic mass is 10.1. The number of benzene rings is 1. The van der Waals surface area contributed by atoms with Gasteiger partial charge in [0.1, 0.15) is 5.75 Å². The summed E-state index contributed by atoms with van der Waals surface area (Å²) in [6.45, 7) is 0.906. The Kier molecular flexibility index (Phi) is 4.72. The van der Waals surface area contributed by atoms with E-state index in [-0.39, 0.29) is 0 Å². The average molecular weight is 279 g/mol. The molecule has 0 fully saturated rings. The zero-order valence-corrected chi connectivity index (χ0v) is 10.6. The quantitative estimate of drug-likeness (QED) is 0.914. The number of ether oxygens (including phenoxy) is 1. The van der Waals surface area contributed by atoms with Gasteiger partial charge in [-0.15, -0.1) is 0 Å². The van der Waals surface area contributed by atoms with E-state index < -0.39 is 0 Å². The topological polar surface area (TPSA) is 21.3 Å². The second-order valence-corrected chi connectivity index (χ2v) is 4.22. The first kappa shape index (κ1) is 11.8. The molecule has 78 valence electrons. The normalized spacial score (nSPS) is 10.3. The molecule has 0 aliphatic heterocycles. The standard InChI is InChI=1S/C10H13BrClNO/c1-13-4-3-7-5-8(12)6-9(11)10(7)14-2/h5-6,13H,3-4H2,1-2H3. The fourth-order valence-corrected chi connectivity index (χ4v) is 2.32. The first-order chi connectivity index (χ1) is 6.69. The summed E-state index contributed by atoms with van der Waals surface area (Å²) in [4.78, 5) is 0. The van der Waals surface area contributed by atoms with Gasteiger partial charge in [0.25, 0.3) is 0 Å². The van der Waals surface area contributed by atoms with E-state index in [1.807, 2.05) is 19.2 Å². The van der Waals surface area contributed by atoms with E-state index in [0.717, 1.165) is 33.8 Å². The van der Waals surface area contributed by atoms with Gasteiger partial charge >= 0.3 is 0 Å². The molecule has 0 unspecified atom stereocenters. The molecular weight excluding hydrogens is 265 g/mol. The van der Waals surface area contributed by atoms with Crippen molar-refractivity contribution >= 4 is 27.5 Å². The molecule has 0 radical (unpaired) electrons. The third-order valence-electron chi connectivity index (χ3n) is 1.93. The van der Waals surface area contributed by atoms with Crippen molar-refractivity contribution in [1.29, 1.82) is 0 Å². The van der Waals surface area contributed by atoms with E-state index >= 15 is 0 Å². The number of nitrogens with one attached hydrogen (secondary N) is 1. The van der Waals surface area contributed by atoms with Crippen LogP contribution < -0.4 is 10.1 Å². The fourth-order valence-electron chi connectivity index (χ4n) is 1.29. The van der Waals surface area contributed by atoms with Crippen molar-refractivity contribution in [2.75, 3.05) is 20.7 Å². The molecule has 2 nitrogen and oxygen atoms in total. The van der Waals surface area contributed by atoms with Crippen LogP contribution in [0.1, 0.15) is 5.56 Å². The molecule has 0 bridgehead atoms. The Hall–Kier alpha value is -0.250. The second-order valence-electron chi connectivity index (χ2n) is 2.93. The van der Waals surface area contributed by atoms with Crippen LogP contribution >= 0.6 is 27.5 Å². The predicted octanol–water partition coefficient (Wildman–Crippen LogP) is 2.87. The zero-order chi connectivity index (χ0) is 10.6. The van der Waals surface area contributed by atoms with Crippen LogP contribution in [0.25, 0.3) is 0 Å². The van der Waals surface area contributed by atoms with Crippen molar-refractivity contribution in [3.05, 3.63) is 27.2 Å². The van der Waals surface area contributed by atoms with Crippen molar-refractivity contribution in [3.63, 3.8) is 0 Å². The molecule has 0 amide bonds. The van der Waals surface area contributed by atoms with E-state index in [9.17, 15) is 0 Å². The summed E-state index contributed by atoms with van der Waals surface area (Å²) < 4.78 is 6.20. The second kappa shape index (κ2) is 5.59. The number of methoxy groups -OCH3 is 1. The maximum Gasteiger partial charge on any atom is 0.136 e. The SMILES string of the molecule is CNCCc1cc(Cl)cc(Br)c1OC. The van der Waals surface area contributed by atoms with Crippen LogP contribution in [0.4, 0.5) is 0 Å². The highest BCUT2D eigenvalue weighted by molar-refractivity contribution is 9.10. The van der Waals surface area contributed by atoms with Gasteiger partial charge in [-0.25, -0.2) is 0 Å². The van der Waals surface area contributed by atoms with Gasteiger partial charge in [0.05, 0.1) is 11.6 Å². The highest BCUT2D eigenvalue weighted by Crippen LogP contribution is 2.32. The average Bonchev–Trinajstić information content (AvgIpc) is 2.14. The molecule has 1 N–H and O–H groups in total. The summed E-state index contributed by atoms with van der Waals surface area (Å²) in [5, 5.41) is 3.82. The molecule has 0 aliphatic carbocycles. The predicted molar refractivity (Wildman–Crippen MR) is 63.3 cm³/mol. The third-order valence-corrected chi connectivity index (χ3v) is 2.74. The van der Waals surface area contributed by atoms with Crippen molar-refractivity contribution in [3.8, 4) is 5.75 Å². The van der Waals surface area contributed by atoms with Gasteiger partial charge in [0.15, 0.2) is 0 Å². The van der Waals surface area contributed by atoms with Gasteiger partial charge in [-0.3, -0.25) is 0 Å². The largest absolute Gasteiger partial charge is 0.495 e. The van der Waals surface area contributed by atoms with Crippen LogP contribution in [0.5, 0.6) is 5.75 Å². The van der Waals surface area contributed by atoms with Gasteiger partial charge < -0.3 is 10.1 Å². The minimum atomic E-state index is 0.726. The lowest BCUT2D eigenvalue weighted by Gasteiger charge is -2.10. The lowest BCUT2D eigenvalue weighted by molar-refractivity contribution is 0.406. The number of likely N-dealkylation sites (N-methyl/N-ethyl adjacent to an activating group) is 1. The van der Waals surface area contributed by atoms with Gasteiger partial charge in [-0.2, -0.15) is 0 Å². The number of rotatable bonds is 4. The summed E-state index contributed by atoms with van der Waals surface area (Å²) in [5.41, 5.74) is 1.11. The Morgan fingerprint density at radius 3 is 2.79 bits per heavy atom. The van der Waals surface area contributed by atoms with Crippen molar-refractivity contribution in [2.24, 2.45) is 0 Å². The van der Waals surface area contributed by atoms with Crippen molar-refractivity contribution in [1.82, 2.24) is 5.32 Å². The summed E-state index contributed by atoms with van der Waals surface area (Å²) in [6.07, 6.45) is 0.902. The molecule has 0 saturated carbocycles. The lowest BCUT2D eigenvalue weighted by Crippen LogP contribution is -2.11. The Labute approximate surface area is 97.7 Å². The first-order valence-corrected chi connectivity index (χ1v) is 5.52. The highest BCUT2D eigenvalue weighted by atomic mass is 79.9. The molecule has 0 atom stereocenters. The summed E-state index contributed by atoms with van der Waals surface area (Å²) >= 11 is 9.37. The molecule has 1 aromatic carbocycles. The van der Waals surface area contributed by atoms with Gasteiger partial charge in [0.2, 0.25) is 0 Å². The molecule has 14 heavy (non-hydrogen) atoms. The molecule has 0 aliphatic rings. The summed E-state index contributed by atoms with van der Waals surface area (Å²) in [6, 6.07) is 3.77. The molecular formula is C10H13BrClNO. The van der Waals surface area contributed by atoms with Crippen LogP contribution in [-0.4, -0.2) is 20.7 Å².